The number of aliphatic hydroxyl groups is 7. The van der Waals surface area contributed by atoms with Crippen LogP contribution in [0.4, 0.5) is 0 Å². The lowest BCUT2D eigenvalue weighted by Crippen LogP contribution is -2.61. The van der Waals surface area contributed by atoms with Gasteiger partial charge in [-0.15, -0.1) is 0 Å². The minimum Gasteiger partial charge on any atom is -0.457 e. The van der Waals surface area contributed by atoms with Crippen LogP contribution in [0.25, 0.3) is 0 Å². The van der Waals surface area contributed by atoms with Crippen LogP contribution in [0.3, 0.4) is 0 Å². The Bertz CT molecular complexity index is 1630. The van der Waals surface area contributed by atoms with E-state index in [0.717, 1.165) is 96.3 Å². The van der Waals surface area contributed by atoms with Crippen molar-refractivity contribution >= 4 is 5.97 Å². The highest BCUT2D eigenvalue weighted by Gasteiger charge is 2.47. The van der Waals surface area contributed by atoms with E-state index >= 15 is 0 Å². The van der Waals surface area contributed by atoms with Gasteiger partial charge in [0, 0.05) is 13.0 Å². The molecular weight excluding hydrogens is 909 g/mol. The summed E-state index contributed by atoms with van der Waals surface area (Å²) >= 11 is 0. The number of allylic oxidation sites excluding steroid dienone is 20. The van der Waals surface area contributed by atoms with Crippen LogP contribution in [0, 0.1) is 0 Å². The highest BCUT2D eigenvalue weighted by molar-refractivity contribution is 5.69. The minimum absolute atomic E-state index is 0.0121. The Balaban J connectivity index is 1.81. The summed E-state index contributed by atoms with van der Waals surface area (Å²) in [5, 5.41) is 72.2. The molecular formula is C57H90O14. The minimum atomic E-state index is -1.73. The summed E-state index contributed by atoms with van der Waals surface area (Å²) in [6, 6.07) is 0. The molecule has 14 nitrogen and oxygen atoms in total. The van der Waals surface area contributed by atoms with Crippen LogP contribution in [-0.2, 0) is 33.2 Å². The van der Waals surface area contributed by atoms with Crippen LogP contribution in [0.5, 0.6) is 0 Å². The summed E-state index contributed by atoms with van der Waals surface area (Å²) in [4.78, 5) is 13.0. The molecule has 0 aromatic carbocycles. The molecule has 0 spiro atoms. The van der Waals surface area contributed by atoms with Crippen molar-refractivity contribution in [1.82, 2.24) is 0 Å². The van der Waals surface area contributed by atoms with Crippen molar-refractivity contribution in [2.45, 2.75) is 197 Å². The molecule has 2 saturated heterocycles. The molecule has 0 amide bonds. The van der Waals surface area contributed by atoms with Gasteiger partial charge in [0.25, 0.3) is 0 Å². The standard InChI is InChI=1S/C57H90O14/c1-3-5-7-9-11-13-15-17-19-21-22-23-25-27-29-31-33-35-37-39-41-66-43-46(69-49(59)40-38-36-34-32-30-28-26-24-20-18-16-14-12-10-8-6-4-2)44-67-56-55(65)53(63)51(61)48(71-56)45-68-57-54(64)52(62)50(60)47(42-58)70-57/h5-8,11-14,17-20,22-23,26-29,32,34,46-48,50-58,60-65H,3-4,9-10,15-16,21,24-25,30-31,33,35-45H2,1-2H3/b7-5-,8-6-,13-11-,14-12-,19-17-,20-18-,23-22-,28-26-,29-27-,34-32-. The van der Waals surface area contributed by atoms with Crippen molar-refractivity contribution < 1.29 is 69.0 Å². The number of hydrogen-bond acceptors (Lipinski definition) is 14. The van der Waals surface area contributed by atoms with E-state index in [2.05, 4.69) is 129 Å². The summed E-state index contributed by atoms with van der Waals surface area (Å²) in [6.45, 7) is 3.28. The fourth-order valence-electron chi connectivity index (χ4n) is 7.29. The van der Waals surface area contributed by atoms with Crippen LogP contribution < -0.4 is 0 Å². The van der Waals surface area contributed by atoms with Crippen molar-refractivity contribution in [2.24, 2.45) is 0 Å². The van der Waals surface area contributed by atoms with E-state index in [0.29, 0.717) is 19.4 Å². The number of carbonyl (C=O) groups excluding carboxylic acids is 1. The molecule has 2 aliphatic rings. The zero-order valence-corrected chi connectivity index (χ0v) is 42.6. The Morgan fingerprint density at radius 2 is 0.873 bits per heavy atom. The summed E-state index contributed by atoms with van der Waals surface area (Å²) in [5.41, 5.74) is 0. The Labute approximate surface area is 425 Å². The van der Waals surface area contributed by atoms with E-state index in [1.807, 2.05) is 6.08 Å². The quantitative estimate of drug-likeness (QED) is 0.0176. The number of unbranched alkanes of at least 4 members (excludes halogenated alkanes) is 5. The molecule has 402 valence electrons. The van der Waals surface area contributed by atoms with E-state index in [-0.39, 0.29) is 19.6 Å². The SMILES string of the molecule is CC/C=C\C/C=C\C/C=C\C/C=C\C/C=C\CCCCCCOCC(COC1OC(COC2OC(CO)C(O)C(O)C2O)C(O)C(O)C1O)OC(=O)CCC/C=C\C/C=C\C/C=C\C/C=C\C/C=C\CC. The second kappa shape index (κ2) is 42.9. The number of rotatable bonds is 39. The molecule has 2 rings (SSSR count). The molecule has 71 heavy (non-hydrogen) atoms. The fraction of sp³-hybridized carbons (Fsp3) is 0.632. The average Bonchev–Trinajstić information content (AvgIpc) is 3.37. The second-order valence-electron chi connectivity index (χ2n) is 17.6. The highest BCUT2D eigenvalue weighted by atomic mass is 16.7. The average molecular weight is 999 g/mol. The first kappa shape index (κ1) is 63.5. The normalized spacial score (nSPS) is 26.3. The third-order valence-electron chi connectivity index (χ3n) is 11.5. The molecule has 14 heteroatoms. The second-order valence-corrected chi connectivity index (χ2v) is 17.6. The van der Waals surface area contributed by atoms with Gasteiger partial charge < -0.3 is 64.2 Å². The van der Waals surface area contributed by atoms with Gasteiger partial charge in [0.2, 0.25) is 0 Å². The first-order valence-electron chi connectivity index (χ1n) is 26.1. The predicted octanol–water partition coefficient (Wildman–Crippen LogP) is 8.18. The highest BCUT2D eigenvalue weighted by Crippen LogP contribution is 2.26. The molecule has 0 saturated carbocycles. The summed E-state index contributed by atoms with van der Waals surface area (Å²) in [5.74, 6) is -0.448. The van der Waals surface area contributed by atoms with Crippen molar-refractivity contribution in [2.75, 3.05) is 33.0 Å². The van der Waals surface area contributed by atoms with Gasteiger partial charge in [-0.2, -0.15) is 0 Å². The van der Waals surface area contributed by atoms with E-state index in [9.17, 15) is 40.5 Å². The maximum atomic E-state index is 13.0. The Kier molecular flexibility index (Phi) is 38.3. The lowest BCUT2D eigenvalue weighted by atomic mass is 9.98. The number of carbonyl (C=O) groups is 1. The molecule has 11 unspecified atom stereocenters. The van der Waals surface area contributed by atoms with Crippen LogP contribution in [0.2, 0.25) is 0 Å². The molecule has 2 heterocycles. The maximum Gasteiger partial charge on any atom is 0.306 e. The predicted molar refractivity (Wildman–Crippen MR) is 279 cm³/mol. The van der Waals surface area contributed by atoms with Crippen molar-refractivity contribution in [3.8, 4) is 0 Å². The van der Waals surface area contributed by atoms with Crippen molar-refractivity contribution in [3.05, 3.63) is 122 Å². The number of hydrogen-bond donors (Lipinski definition) is 7. The first-order chi connectivity index (χ1) is 34.6. The zero-order chi connectivity index (χ0) is 51.6. The Morgan fingerprint density at radius 3 is 1.35 bits per heavy atom. The Hall–Kier alpha value is -3.61. The van der Waals surface area contributed by atoms with Gasteiger partial charge in [-0.1, -0.05) is 148 Å². The number of esters is 1. The van der Waals surface area contributed by atoms with Crippen molar-refractivity contribution in [3.63, 3.8) is 0 Å². The summed E-state index contributed by atoms with van der Waals surface area (Å²) in [6.07, 6.45) is 42.6. The molecule has 0 aromatic rings. The monoisotopic (exact) mass is 999 g/mol. The molecule has 7 N–H and O–H groups in total. The first-order valence-corrected chi connectivity index (χ1v) is 26.1. The third-order valence-corrected chi connectivity index (χ3v) is 11.5. The van der Waals surface area contributed by atoms with Gasteiger partial charge in [0.05, 0.1) is 26.4 Å². The van der Waals surface area contributed by atoms with E-state index < -0.39 is 86.7 Å². The van der Waals surface area contributed by atoms with Crippen LogP contribution in [0.15, 0.2) is 122 Å². The van der Waals surface area contributed by atoms with Gasteiger partial charge in [-0.05, 0) is 96.3 Å². The fourth-order valence-corrected chi connectivity index (χ4v) is 7.29. The van der Waals surface area contributed by atoms with E-state index in [1.54, 1.807) is 0 Å². The topological polar surface area (TPSA) is 214 Å². The molecule has 0 bridgehead atoms. The van der Waals surface area contributed by atoms with Crippen LogP contribution in [-0.4, -0.2) is 142 Å². The number of aliphatic hydroxyl groups excluding tert-OH is 7. The van der Waals surface area contributed by atoms with Gasteiger partial charge in [-0.25, -0.2) is 0 Å². The maximum absolute atomic E-state index is 13.0. The molecule has 2 aliphatic heterocycles. The molecule has 2 fully saturated rings. The third kappa shape index (κ3) is 30.3. The van der Waals surface area contributed by atoms with Gasteiger partial charge in [-0.3, -0.25) is 4.79 Å². The molecule has 0 radical (unpaired) electrons. The lowest BCUT2D eigenvalue weighted by molar-refractivity contribution is -0.332. The van der Waals surface area contributed by atoms with Crippen LogP contribution in [0.1, 0.15) is 129 Å². The van der Waals surface area contributed by atoms with Gasteiger partial charge in [0.15, 0.2) is 12.6 Å². The zero-order valence-electron chi connectivity index (χ0n) is 42.6. The molecule has 11 atom stereocenters. The summed E-state index contributed by atoms with van der Waals surface area (Å²) in [7, 11) is 0. The van der Waals surface area contributed by atoms with E-state index in [4.69, 9.17) is 28.4 Å². The van der Waals surface area contributed by atoms with Gasteiger partial charge >= 0.3 is 5.97 Å². The summed E-state index contributed by atoms with van der Waals surface area (Å²) < 4.78 is 34.2. The van der Waals surface area contributed by atoms with Crippen LogP contribution >= 0.6 is 0 Å². The molecule has 0 aliphatic carbocycles. The van der Waals surface area contributed by atoms with Gasteiger partial charge in [0.1, 0.15) is 54.9 Å². The van der Waals surface area contributed by atoms with E-state index in [1.165, 1.54) is 0 Å². The largest absolute Gasteiger partial charge is 0.457 e. The Morgan fingerprint density at radius 1 is 0.465 bits per heavy atom. The lowest BCUT2D eigenvalue weighted by Gasteiger charge is -2.42. The number of ether oxygens (including phenoxy) is 6. The molecule has 0 aromatic heterocycles. The smallest absolute Gasteiger partial charge is 0.306 e. The van der Waals surface area contributed by atoms with Crippen molar-refractivity contribution in [1.29, 1.82) is 0 Å².